The number of hydrogen-bond donors (Lipinski definition) is 2. The van der Waals surface area contributed by atoms with Crippen LogP contribution < -0.4 is 10.6 Å². The lowest BCUT2D eigenvalue weighted by atomic mass is 10.2. The van der Waals surface area contributed by atoms with Crippen molar-refractivity contribution in [1.82, 2.24) is 10.6 Å². The third-order valence-corrected chi connectivity index (χ3v) is 2.33. The highest BCUT2D eigenvalue weighted by atomic mass is 32.2. The highest BCUT2D eigenvalue weighted by Gasteiger charge is 2.24. The molecule has 1 fully saturated rings. The van der Waals surface area contributed by atoms with Crippen LogP contribution >= 0.6 is 11.8 Å². The number of rotatable bonds is 3. The van der Waals surface area contributed by atoms with Gasteiger partial charge in [0.15, 0.2) is 0 Å². The zero-order valence-electron chi connectivity index (χ0n) is 6.92. The van der Waals surface area contributed by atoms with Crippen molar-refractivity contribution in [2.24, 2.45) is 0 Å². The monoisotopic (exact) mass is 188 g/mol. The lowest BCUT2D eigenvalue weighted by Crippen LogP contribution is -2.56. The van der Waals surface area contributed by atoms with Gasteiger partial charge in [0.05, 0.1) is 6.54 Å². The molecule has 0 radical (unpaired) electrons. The van der Waals surface area contributed by atoms with Crippen LogP contribution in [0.4, 0.5) is 0 Å². The molecule has 12 heavy (non-hydrogen) atoms. The first-order chi connectivity index (χ1) is 5.74. The van der Waals surface area contributed by atoms with Gasteiger partial charge >= 0.3 is 0 Å². The van der Waals surface area contributed by atoms with Crippen molar-refractivity contribution in [3.05, 3.63) is 0 Å². The SMILES string of the molecule is CSCC[C@@H]1NC(=O)CNC1=O. The molecule has 5 heteroatoms. The van der Waals surface area contributed by atoms with E-state index in [9.17, 15) is 9.59 Å². The Morgan fingerprint density at radius 3 is 3.00 bits per heavy atom. The molecule has 1 aliphatic rings. The standard InChI is InChI=1S/C7H12N2O2S/c1-12-3-2-5-7(11)8-4-6(10)9-5/h5H,2-4H2,1H3,(H,8,11)(H,9,10)/t5-/m0/s1. The Hall–Kier alpha value is -0.710. The minimum absolute atomic E-state index is 0.0661. The van der Waals surface area contributed by atoms with E-state index in [2.05, 4.69) is 10.6 Å². The number of amides is 2. The normalized spacial score (nSPS) is 23.2. The first kappa shape index (κ1) is 9.38. The second kappa shape index (κ2) is 4.35. The molecule has 0 aliphatic carbocycles. The van der Waals surface area contributed by atoms with Crippen molar-refractivity contribution in [2.75, 3.05) is 18.6 Å². The second-order valence-corrected chi connectivity index (χ2v) is 3.60. The lowest BCUT2D eigenvalue weighted by molar-refractivity contribution is -0.133. The van der Waals surface area contributed by atoms with Gasteiger partial charge in [-0.05, 0) is 18.4 Å². The number of carbonyl (C=O) groups is 2. The fourth-order valence-electron chi connectivity index (χ4n) is 1.04. The van der Waals surface area contributed by atoms with E-state index in [0.717, 1.165) is 5.75 Å². The van der Waals surface area contributed by atoms with E-state index in [0.29, 0.717) is 6.42 Å². The van der Waals surface area contributed by atoms with E-state index in [-0.39, 0.29) is 24.4 Å². The molecule has 1 atom stereocenters. The summed E-state index contributed by atoms with van der Waals surface area (Å²) in [7, 11) is 0. The van der Waals surface area contributed by atoms with Crippen LogP contribution in [-0.4, -0.2) is 36.4 Å². The van der Waals surface area contributed by atoms with E-state index < -0.39 is 0 Å². The Balaban J connectivity index is 2.38. The largest absolute Gasteiger partial charge is 0.345 e. The average Bonchev–Trinajstić information content (AvgIpc) is 2.07. The summed E-state index contributed by atoms with van der Waals surface area (Å²) in [6, 6.07) is -0.321. The fourth-order valence-corrected chi connectivity index (χ4v) is 1.51. The Labute approximate surface area is 75.5 Å². The molecular weight excluding hydrogens is 176 g/mol. The predicted octanol–water partition coefficient (Wildman–Crippen LogP) is -0.646. The molecule has 2 N–H and O–H groups in total. The molecule has 0 aromatic heterocycles. The molecule has 68 valence electrons. The number of hydrogen-bond acceptors (Lipinski definition) is 3. The Morgan fingerprint density at radius 2 is 2.33 bits per heavy atom. The molecule has 0 aromatic carbocycles. The molecule has 1 aliphatic heterocycles. The van der Waals surface area contributed by atoms with E-state index in [1.54, 1.807) is 11.8 Å². The average molecular weight is 188 g/mol. The van der Waals surface area contributed by atoms with E-state index in [1.807, 2.05) is 6.26 Å². The van der Waals surface area contributed by atoms with Crippen LogP contribution in [0.5, 0.6) is 0 Å². The quantitative estimate of drug-likeness (QED) is 0.619. The van der Waals surface area contributed by atoms with Crippen LogP contribution in [0, 0.1) is 0 Å². The molecule has 1 saturated heterocycles. The molecular formula is C7H12N2O2S. The minimum Gasteiger partial charge on any atom is -0.345 e. The summed E-state index contributed by atoms with van der Waals surface area (Å²) in [6.45, 7) is 0.120. The molecule has 0 saturated carbocycles. The van der Waals surface area contributed by atoms with Gasteiger partial charge in [-0.1, -0.05) is 0 Å². The number of thioether (sulfide) groups is 1. The van der Waals surface area contributed by atoms with Gasteiger partial charge in [0.2, 0.25) is 11.8 Å². The molecule has 0 aromatic rings. The van der Waals surface area contributed by atoms with E-state index in [1.165, 1.54) is 0 Å². The van der Waals surface area contributed by atoms with Gasteiger partial charge < -0.3 is 10.6 Å². The highest BCUT2D eigenvalue weighted by Crippen LogP contribution is 2.02. The molecule has 0 bridgehead atoms. The first-order valence-corrected chi connectivity index (χ1v) is 5.19. The minimum atomic E-state index is -0.321. The lowest BCUT2D eigenvalue weighted by Gasteiger charge is -2.22. The van der Waals surface area contributed by atoms with Gasteiger partial charge in [-0.25, -0.2) is 0 Å². The molecule has 1 rings (SSSR count). The van der Waals surface area contributed by atoms with Crippen molar-refractivity contribution in [2.45, 2.75) is 12.5 Å². The van der Waals surface area contributed by atoms with E-state index in [4.69, 9.17) is 0 Å². The summed E-state index contributed by atoms with van der Waals surface area (Å²) in [5, 5.41) is 5.17. The molecule has 0 unspecified atom stereocenters. The van der Waals surface area contributed by atoms with Crippen LogP contribution in [-0.2, 0) is 9.59 Å². The van der Waals surface area contributed by atoms with Crippen molar-refractivity contribution in [3.8, 4) is 0 Å². The molecule has 4 nitrogen and oxygen atoms in total. The number of nitrogens with one attached hydrogen (secondary N) is 2. The summed E-state index contributed by atoms with van der Waals surface area (Å²) in [5.41, 5.74) is 0. The Kier molecular flexibility index (Phi) is 3.40. The maximum absolute atomic E-state index is 11.1. The van der Waals surface area contributed by atoms with Crippen LogP contribution in [0.1, 0.15) is 6.42 Å². The van der Waals surface area contributed by atoms with Gasteiger partial charge in [-0.15, -0.1) is 0 Å². The van der Waals surface area contributed by atoms with Crippen LogP contribution in [0.25, 0.3) is 0 Å². The number of carbonyl (C=O) groups excluding carboxylic acids is 2. The maximum Gasteiger partial charge on any atom is 0.243 e. The Morgan fingerprint density at radius 1 is 1.58 bits per heavy atom. The van der Waals surface area contributed by atoms with Crippen molar-refractivity contribution in [3.63, 3.8) is 0 Å². The fraction of sp³-hybridized carbons (Fsp3) is 0.714. The van der Waals surface area contributed by atoms with Gasteiger partial charge in [0.25, 0.3) is 0 Å². The van der Waals surface area contributed by atoms with Crippen LogP contribution in [0.3, 0.4) is 0 Å². The van der Waals surface area contributed by atoms with Gasteiger partial charge in [-0.3, -0.25) is 9.59 Å². The first-order valence-electron chi connectivity index (χ1n) is 3.80. The maximum atomic E-state index is 11.1. The van der Waals surface area contributed by atoms with Crippen molar-refractivity contribution >= 4 is 23.6 Å². The van der Waals surface area contributed by atoms with Crippen molar-refractivity contribution < 1.29 is 9.59 Å². The number of piperazine rings is 1. The molecule has 1 heterocycles. The van der Waals surface area contributed by atoms with Gasteiger partial charge in [0.1, 0.15) is 6.04 Å². The smallest absolute Gasteiger partial charge is 0.243 e. The van der Waals surface area contributed by atoms with Gasteiger partial charge in [0, 0.05) is 0 Å². The zero-order chi connectivity index (χ0) is 8.97. The molecule has 0 spiro atoms. The third-order valence-electron chi connectivity index (χ3n) is 1.69. The van der Waals surface area contributed by atoms with Crippen LogP contribution in [0.2, 0.25) is 0 Å². The van der Waals surface area contributed by atoms with Crippen LogP contribution in [0.15, 0.2) is 0 Å². The van der Waals surface area contributed by atoms with Gasteiger partial charge in [-0.2, -0.15) is 11.8 Å². The molecule has 2 amide bonds. The Bertz CT molecular complexity index is 196. The zero-order valence-corrected chi connectivity index (χ0v) is 7.74. The second-order valence-electron chi connectivity index (χ2n) is 2.62. The summed E-state index contributed by atoms with van der Waals surface area (Å²) in [6.07, 6.45) is 2.68. The van der Waals surface area contributed by atoms with Crippen molar-refractivity contribution in [1.29, 1.82) is 0 Å². The summed E-state index contributed by atoms with van der Waals surface area (Å²) >= 11 is 1.67. The van der Waals surface area contributed by atoms with E-state index >= 15 is 0 Å². The summed E-state index contributed by atoms with van der Waals surface area (Å²) < 4.78 is 0. The predicted molar refractivity (Wildman–Crippen MR) is 47.9 cm³/mol. The summed E-state index contributed by atoms with van der Waals surface area (Å²) in [5.74, 6) is 0.725. The summed E-state index contributed by atoms with van der Waals surface area (Å²) in [4.78, 5) is 22.0. The highest BCUT2D eigenvalue weighted by molar-refractivity contribution is 7.98. The topological polar surface area (TPSA) is 58.2 Å². The third kappa shape index (κ3) is 2.41.